The maximum atomic E-state index is 12.7. The third kappa shape index (κ3) is 3.51. The first-order valence-corrected chi connectivity index (χ1v) is 11.6. The van der Waals surface area contributed by atoms with Gasteiger partial charge in [-0.1, -0.05) is 30.3 Å². The standard InChI is InChI=1S/C26H32N2O2/c1-2-30-14-6-13-27-26(29)20-11-12-22-21(16-20)23-18-9-10-19(15-18)24(23)25(28-22)17-7-4-3-5-8-17/h3-5,7-8,11-12,16,18-19,23-25,28H,2,6,9-10,13-15H2,1H3,(H,27,29)/t18-,19+,23+,24+,25-/m1/s1. The molecule has 4 nitrogen and oxygen atoms in total. The van der Waals surface area contributed by atoms with E-state index in [9.17, 15) is 4.79 Å². The molecule has 2 aliphatic carbocycles. The van der Waals surface area contributed by atoms with E-state index in [4.69, 9.17) is 4.74 Å². The third-order valence-electron chi connectivity index (χ3n) is 7.46. The number of ether oxygens (including phenoxy) is 1. The molecule has 1 heterocycles. The van der Waals surface area contributed by atoms with Crippen LogP contribution in [0, 0.1) is 17.8 Å². The highest BCUT2D eigenvalue weighted by atomic mass is 16.5. The zero-order valence-electron chi connectivity index (χ0n) is 17.8. The van der Waals surface area contributed by atoms with Gasteiger partial charge >= 0.3 is 0 Å². The molecule has 5 rings (SSSR count). The molecule has 3 aliphatic rings. The molecule has 5 atom stereocenters. The van der Waals surface area contributed by atoms with Gasteiger partial charge in [0.2, 0.25) is 0 Å². The summed E-state index contributed by atoms with van der Waals surface area (Å²) in [6.45, 7) is 4.06. The first kappa shape index (κ1) is 19.6. The number of amides is 1. The van der Waals surface area contributed by atoms with E-state index in [-0.39, 0.29) is 5.91 Å². The van der Waals surface area contributed by atoms with Crippen LogP contribution in [0.4, 0.5) is 5.69 Å². The van der Waals surface area contributed by atoms with Crippen LogP contribution in [0.5, 0.6) is 0 Å². The Balaban J connectivity index is 1.39. The van der Waals surface area contributed by atoms with Crippen LogP contribution in [0.3, 0.4) is 0 Å². The van der Waals surface area contributed by atoms with E-state index < -0.39 is 0 Å². The van der Waals surface area contributed by atoms with Crippen LogP contribution in [-0.4, -0.2) is 25.7 Å². The van der Waals surface area contributed by atoms with Crippen LogP contribution in [0.2, 0.25) is 0 Å². The topological polar surface area (TPSA) is 50.4 Å². The van der Waals surface area contributed by atoms with E-state index in [0.29, 0.717) is 31.0 Å². The molecule has 0 aromatic heterocycles. The van der Waals surface area contributed by atoms with Gasteiger partial charge in [-0.2, -0.15) is 0 Å². The number of hydrogen-bond acceptors (Lipinski definition) is 3. The maximum Gasteiger partial charge on any atom is 0.251 e. The number of carbonyl (C=O) groups excluding carboxylic acids is 1. The second-order valence-electron chi connectivity index (χ2n) is 9.08. The van der Waals surface area contributed by atoms with Crippen molar-refractivity contribution in [3.63, 3.8) is 0 Å². The summed E-state index contributed by atoms with van der Waals surface area (Å²) in [6, 6.07) is 17.5. The lowest BCUT2D eigenvalue weighted by Gasteiger charge is -2.43. The van der Waals surface area contributed by atoms with Crippen LogP contribution in [0.1, 0.15) is 66.1 Å². The number of carbonyl (C=O) groups is 1. The van der Waals surface area contributed by atoms with Crippen LogP contribution in [-0.2, 0) is 4.74 Å². The van der Waals surface area contributed by atoms with Crippen molar-refractivity contribution in [2.75, 3.05) is 25.1 Å². The van der Waals surface area contributed by atoms with Gasteiger partial charge in [-0.3, -0.25) is 4.79 Å². The maximum absolute atomic E-state index is 12.7. The van der Waals surface area contributed by atoms with Crippen LogP contribution >= 0.6 is 0 Å². The van der Waals surface area contributed by atoms with Gasteiger partial charge in [-0.15, -0.1) is 0 Å². The van der Waals surface area contributed by atoms with Gasteiger partial charge in [0.1, 0.15) is 0 Å². The molecular formula is C26H32N2O2. The number of fused-ring (bicyclic) bond motifs is 7. The number of rotatable bonds is 7. The fourth-order valence-electron chi connectivity index (χ4n) is 6.24. The number of nitrogens with one attached hydrogen (secondary N) is 2. The largest absolute Gasteiger partial charge is 0.382 e. The molecule has 4 heteroatoms. The van der Waals surface area contributed by atoms with Gasteiger partial charge in [-0.25, -0.2) is 0 Å². The van der Waals surface area contributed by atoms with Gasteiger partial charge in [0.25, 0.3) is 5.91 Å². The first-order valence-electron chi connectivity index (χ1n) is 11.6. The molecule has 2 bridgehead atoms. The molecule has 2 aromatic rings. The second kappa shape index (κ2) is 8.43. The fraction of sp³-hybridized carbons (Fsp3) is 0.500. The Hall–Kier alpha value is -2.33. The van der Waals surface area contributed by atoms with E-state index in [1.807, 2.05) is 13.0 Å². The Bertz CT molecular complexity index is 897. The van der Waals surface area contributed by atoms with Crippen LogP contribution < -0.4 is 10.6 Å². The van der Waals surface area contributed by atoms with E-state index >= 15 is 0 Å². The van der Waals surface area contributed by atoms with Crippen molar-refractivity contribution >= 4 is 11.6 Å². The lowest BCUT2D eigenvalue weighted by atomic mass is 9.68. The van der Waals surface area contributed by atoms with Crippen molar-refractivity contribution < 1.29 is 9.53 Å². The minimum absolute atomic E-state index is 0.0270. The average Bonchev–Trinajstić information content (AvgIpc) is 3.41. The molecule has 0 radical (unpaired) electrons. The molecule has 0 saturated heterocycles. The Morgan fingerprint density at radius 3 is 2.80 bits per heavy atom. The van der Waals surface area contributed by atoms with Crippen molar-refractivity contribution in [1.29, 1.82) is 0 Å². The highest BCUT2D eigenvalue weighted by Crippen LogP contribution is 2.63. The normalized spacial score (nSPS) is 28.5. The highest BCUT2D eigenvalue weighted by Gasteiger charge is 2.53. The molecule has 0 spiro atoms. The molecule has 2 aromatic carbocycles. The van der Waals surface area contributed by atoms with Crippen molar-refractivity contribution in [3.8, 4) is 0 Å². The molecule has 2 saturated carbocycles. The van der Waals surface area contributed by atoms with Crippen LogP contribution in [0.25, 0.3) is 0 Å². The van der Waals surface area contributed by atoms with E-state index in [1.165, 1.54) is 36.1 Å². The zero-order chi connectivity index (χ0) is 20.5. The number of benzene rings is 2. The van der Waals surface area contributed by atoms with E-state index in [2.05, 4.69) is 53.1 Å². The number of hydrogen-bond donors (Lipinski definition) is 2. The van der Waals surface area contributed by atoms with Crippen LogP contribution in [0.15, 0.2) is 48.5 Å². The van der Waals surface area contributed by atoms with Gasteiger partial charge in [0.05, 0.1) is 6.04 Å². The van der Waals surface area contributed by atoms with Gasteiger partial charge in [0, 0.05) is 31.0 Å². The lowest BCUT2D eigenvalue weighted by molar-refractivity contribution is 0.0944. The van der Waals surface area contributed by atoms with Gasteiger partial charge in [0.15, 0.2) is 0 Å². The molecular weight excluding hydrogens is 372 g/mol. The third-order valence-corrected chi connectivity index (χ3v) is 7.46. The van der Waals surface area contributed by atoms with Crippen molar-refractivity contribution in [1.82, 2.24) is 5.32 Å². The summed E-state index contributed by atoms with van der Waals surface area (Å²) in [5.74, 6) is 2.77. The quantitative estimate of drug-likeness (QED) is 0.628. The molecule has 2 fully saturated rings. The molecule has 1 aliphatic heterocycles. The van der Waals surface area contributed by atoms with E-state index in [1.54, 1.807) is 0 Å². The Morgan fingerprint density at radius 1 is 1.13 bits per heavy atom. The molecule has 2 N–H and O–H groups in total. The summed E-state index contributed by atoms with van der Waals surface area (Å²) in [5, 5.41) is 6.91. The predicted molar refractivity (Wildman–Crippen MR) is 120 cm³/mol. The minimum atomic E-state index is 0.0270. The summed E-state index contributed by atoms with van der Waals surface area (Å²) in [6.07, 6.45) is 4.87. The summed E-state index contributed by atoms with van der Waals surface area (Å²) >= 11 is 0. The monoisotopic (exact) mass is 404 g/mol. The van der Waals surface area contributed by atoms with E-state index in [0.717, 1.165) is 30.4 Å². The molecule has 0 unspecified atom stereocenters. The zero-order valence-corrected chi connectivity index (χ0v) is 17.8. The smallest absolute Gasteiger partial charge is 0.251 e. The van der Waals surface area contributed by atoms with Crippen molar-refractivity contribution in [2.24, 2.45) is 17.8 Å². The summed E-state index contributed by atoms with van der Waals surface area (Å²) in [7, 11) is 0. The van der Waals surface area contributed by atoms with Gasteiger partial charge in [-0.05, 0) is 85.6 Å². The molecule has 1 amide bonds. The lowest BCUT2D eigenvalue weighted by Crippen LogP contribution is -2.35. The Labute approximate surface area is 179 Å². The predicted octanol–water partition coefficient (Wildman–Crippen LogP) is 5.14. The van der Waals surface area contributed by atoms with Crippen molar-refractivity contribution in [3.05, 3.63) is 65.2 Å². The summed E-state index contributed by atoms with van der Waals surface area (Å²) in [4.78, 5) is 12.7. The highest BCUT2D eigenvalue weighted by molar-refractivity contribution is 5.95. The minimum Gasteiger partial charge on any atom is -0.382 e. The summed E-state index contributed by atoms with van der Waals surface area (Å²) in [5.41, 5.74) is 4.75. The molecule has 158 valence electrons. The number of anilines is 1. The van der Waals surface area contributed by atoms with Gasteiger partial charge < -0.3 is 15.4 Å². The SMILES string of the molecule is CCOCCCNC(=O)c1ccc2c(c1)[C@@H]1[C@@H]3CC[C@@H](C3)[C@@H]1[C@@H](c1ccccc1)N2. The Morgan fingerprint density at radius 2 is 1.97 bits per heavy atom. The van der Waals surface area contributed by atoms with Crippen molar-refractivity contribution in [2.45, 2.75) is 44.6 Å². The molecule has 30 heavy (non-hydrogen) atoms. The Kier molecular flexibility index (Phi) is 5.51. The second-order valence-corrected chi connectivity index (χ2v) is 9.08. The average molecular weight is 405 g/mol. The fourth-order valence-corrected chi connectivity index (χ4v) is 6.24. The summed E-state index contributed by atoms with van der Waals surface area (Å²) < 4.78 is 5.36. The first-order chi connectivity index (χ1) is 14.8.